The van der Waals surface area contributed by atoms with Gasteiger partial charge in [-0.15, -0.1) is 11.8 Å². The van der Waals surface area contributed by atoms with Crippen molar-refractivity contribution >= 4 is 29.3 Å². The number of thioether (sulfide) groups is 1. The third-order valence-electron chi connectivity index (χ3n) is 3.18. The average molecular weight is 299 g/mol. The van der Waals surface area contributed by atoms with E-state index in [4.69, 9.17) is 17.3 Å². The summed E-state index contributed by atoms with van der Waals surface area (Å²) in [7, 11) is 0. The summed E-state index contributed by atoms with van der Waals surface area (Å²) in [5, 5.41) is 3.63. The summed E-state index contributed by atoms with van der Waals surface area (Å²) < 4.78 is 0. The minimum absolute atomic E-state index is 0.0649. The Bertz CT molecular complexity index is 420. The van der Waals surface area contributed by atoms with Gasteiger partial charge >= 0.3 is 0 Å². The maximum Gasteiger partial charge on any atom is 0.230 e. The fourth-order valence-corrected chi connectivity index (χ4v) is 2.76. The molecule has 1 atom stereocenters. The lowest BCUT2D eigenvalue weighted by molar-refractivity contribution is -0.118. The van der Waals surface area contributed by atoms with Crippen LogP contribution in [0.1, 0.15) is 18.4 Å². The Hall–Kier alpha value is -0.710. The van der Waals surface area contributed by atoms with Crippen LogP contribution in [0, 0.1) is 5.92 Å². The molecule has 1 amide bonds. The normalized spacial score (nSPS) is 16.1. The van der Waals surface area contributed by atoms with Crippen molar-refractivity contribution in [1.82, 2.24) is 5.32 Å². The first-order chi connectivity index (χ1) is 9.15. The first-order valence-corrected chi connectivity index (χ1v) is 8.03. The maximum atomic E-state index is 11.6. The Balaban J connectivity index is 1.59. The first kappa shape index (κ1) is 14.7. The van der Waals surface area contributed by atoms with Crippen molar-refractivity contribution in [2.45, 2.75) is 24.6 Å². The predicted octanol–water partition coefficient (Wildman–Crippen LogP) is 2.43. The van der Waals surface area contributed by atoms with Crippen molar-refractivity contribution in [3.05, 3.63) is 34.9 Å². The molecule has 0 radical (unpaired) electrons. The van der Waals surface area contributed by atoms with Crippen LogP contribution in [-0.4, -0.2) is 24.2 Å². The van der Waals surface area contributed by atoms with Crippen molar-refractivity contribution in [1.29, 1.82) is 0 Å². The van der Waals surface area contributed by atoms with Gasteiger partial charge in [0.1, 0.15) is 0 Å². The molecule has 1 unspecified atom stereocenters. The van der Waals surface area contributed by atoms with Crippen molar-refractivity contribution < 1.29 is 4.79 Å². The molecular formula is C14H19ClN2OS. The van der Waals surface area contributed by atoms with E-state index in [1.165, 1.54) is 18.4 Å². The molecule has 19 heavy (non-hydrogen) atoms. The summed E-state index contributed by atoms with van der Waals surface area (Å²) in [4.78, 5) is 11.6. The standard InChI is InChI=1S/C14H19ClN2OS/c15-12-5-1-10(2-6-12)8-19-9-14(18)17-7-13(16)11-3-4-11/h1-2,5-6,11,13H,3-4,7-9,16H2,(H,17,18). The molecule has 1 saturated carbocycles. The maximum absolute atomic E-state index is 11.6. The zero-order chi connectivity index (χ0) is 13.7. The fraction of sp³-hybridized carbons (Fsp3) is 0.500. The molecule has 3 N–H and O–H groups in total. The van der Waals surface area contributed by atoms with Gasteiger partial charge in [-0.2, -0.15) is 0 Å². The van der Waals surface area contributed by atoms with Crippen molar-refractivity contribution in [2.24, 2.45) is 11.7 Å². The van der Waals surface area contributed by atoms with Gasteiger partial charge in [0.2, 0.25) is 5.91 Å². The van der Waals surface area contributed by atoms with Gasteiger partial charge < -0.3 is 11.1 Å². The molecule has 1 fully saturated rings. The highest BCUT2D eigenvalue weighted by molar-refractivity contribution is 7.99. The number of nitrogens with one attached hydrogen (secondary N) is 1. The van der Waals surface area contributed by atoms with E-state index in [1.54, 1.807) is 11.8 Å². The molecule has 104 valence electrons. The molecule has 0 spiro atoms. The molecule has 1 aromatic rings. The highest BCUT2D eigenvalue weighted by atomic mass is 35.5. The third kappa shape index (κ3) is 5.43. The number of carbonyl (C=O) groups is 1. The SMILES string of the molecule is NC(CNC(=O)CSCc1ccc(Cl)cc1)C1CC1. The van der Waals surface area contributed by atoms with E-state index in [0.29, 0.717) is 18.2 Å². The highest BCUT2D eigenvalue weighted by Gasteiger charge is 2.28. The molecule has 0 heterocycles. The zero-order valence-electron chi connectivity index (χ0n) is 10.8. The molecule has 1 aliphatic rings. The predicted molar refractivity (Wildman–Crippen MR) is 81.3 cm³/mol. The molecule has 5 heteroatoms. The summed E-state index contributed by atoms with van der Waals surface area (Å²) in [6, 6.07) is 7.83. The molecule has 0 bridgehead atoms. The van der Waals surface area contributed by atoms with Gasteiger partial charge in [-0.25, -0.2) is 0 Å². The smallest absolute Gasteiger partial charge is 0.230 e. The van der Waals surface area contributed by atoms with Crippen LogP contribution >= 0.6 is 23.4 Å². The number of nitrogens with two attached hydrogens (primary N) is 1. The first-order valence-electron chi connectivity index (χ1n) is 6.49. The van der Waals surface area contributed by atoms with Gasteiger partial charge in [-0.3, -0.25) is 4.79 Å². The largest absolute Gasteiger partial charge is 0.354 e. The number of halogens is 1. The molecule has 2 rings (SSSR count). The van der Waals surface area contributed by atoms with E-state index in [0.717, 1.165) is 10.8 Å². The van der Waals surface area contributed by atoms with Crippen LogP contribution in [0.3, 0.4) is 0 Å². The highest BCUT2D eigenvalue weighted by Crippen LogP contribution is 2.31. The second-order valence-corrected chi connectivity index (χ2v) is 6.35. The van der Waals surface area contributed by atoms with Crippen LogP contribution in [0.25, 0.3) is 0 Å². The van der Waals surface area contributed by atoms with Crippen LogP contribution in [0.4, 0.5) is 0 Å². The summed E-state index contributed by atoms with van der Waals surface area (Å²) in [5.41, 5.74) is 7.10. The number of amides is 1. The van der Waals surface area contributed by atoms with Crippen LogP contribution < -0.4 is 11.1 Å². The Morgan fingerprint density at radius 3 is 2.74 bits per heavy atom. The van der Waals surface area contributed by atoms with Crippen molar-refractivity contribution in [3.63, 3.8) is 0 Å². The van der Waals surface area contributed by atoms with Gasteiger partial charge in [0.25, 0.3) is 0 Å². The third-order valence-corrected chi connectivity index (χ3v) is 4.43. The van der Waals surface area contributed by atoms with E-state index >= 15 is 0 Å². The number of hydrogen-bond acceptors (Lipinski definition) is 3. The molecular weight excluding hydrogens is 280 g/mol. The lowest BCUT2D eigenvalue weighted by Gasteiger charge is -2.11. The Morgan fingerprint density at radius 2 is 2.11 bits per heavy atom. The van der Waals surface area contributed by atoms with Crippen LogP contribution in [-0.2, 0) is 10.5 Å². The Kier molecular flexibility index (Phi) is 5.55. The van der Waals surface area contributed by atoms with E-state index < -0.39 is 0 Å². The van der Waals surface area contributed by atoms with Crippen molar-refractivity contribution in [2.75, 3.05) is 12.3 Å². The average Bonchev–Trinajstić information content (AvgIpc) is 3.23. The minimum Gasteiger partial charge on any atom is -0.354 e. The molecule has 1 aromatic carbocycles. The van der Waals surface area contributed by atoms with Crippen LogP contribution in [0.2, 0.25) is 5.02 Å². The minimum atomic E-state index is 0.0649. The molecule has 0 saturated heterocycles. The second-order valence-electron chi connectivity index (χ2n) is 4.92. The zero-order valence-corrected chi connectivity index (χ0v) is 12.3. The molecule has 1 aliphatic carbocycles. The summed E-state index contributed by atoms with van der Waals surface area (Å²) in [6.07, 6.45) is 2.42. The molecule has 3 nitrogen and oxygen atoms in total. The Morgan fingerprint density at radius 1 is 1.42 bits per heavy atom. The topological polar surface area (TPSA) is 55.1 Å². The number of rotatable bonds is 7. The second kappa shape index (κ2) is 7.17. The quantitative estimate of drug-likeness (QED) is 0.813. The molecule has 0 aromatic heterocycles. The van der Waals surface area contributed by atoms with Crippen LogP contribution in [0.15, 0.2) is 24.3 Å². The number of hydrogen-bond donors (Lipinski definition) is 2. The fourth-order valence-electron chi connectivity index (χ4n) is 1.82. The van der Waals surface area contributed by atoms with Gasteiger partial charge in [0.05, 0.1) is 5.75 Å². The van der Waals surface area contributed by atoms with Gasteiger partial charge in [-0.1, -0.05) is 23.7 Å². The van der Waals surface area contributed by atoms with E-state index in [9.17, 15) is 4.79 Å². The number of benzene rings is 1. The number of carbonyl (C=O) groups excluding carboxylic acids is 1. The molecule has 0 aliphatic heterocycles. The summed E-state index contributed by atoms with van der Waals surface area (Å²) in [6.45, 7) is 0.602. The van der Waals surface area contributed by atoms with Crippen molar-refractivity contribution in [3.8, 4) is 0 Å². The lowest BCUT2D eigenvalue weighted by Crippen LogP contribution is -2.39. The van der Waals surface area contributed by atoms with Gasteiger partial charge in [0.15, 0.2) is 0 Å². The lowest BCUT2D eigenvalue weighted by atomic mass is 10.2. The van der Waals surface area contributed by atoms with Gasteiger partial charge in [0, 0.05) is 23.4 Å². The summed E-state index contributed by atoms with van der Waals surface area (Å²) in [5.74, 6) is 1.98. The monoisotopic (exact) mass is 298 g/mol. The van der Waals surface area contributed by atoms with E-state index in [2.05, 4.69) is 5.32 Å². The van der Waals surface area contributed by atoms with E-state index in [1.807, 2.05) is 24.3 Å². The van der Waals surface area contributed by atoms with E-state index in [-0.39, 0.29) is 11.9 Å². The summed E-state index contributed by atoms with van der Waals surface area (Å²) >= 11 is 7.41. The van der Waals surface area contributed by atoms with Gasteiger partial charge in [-0.05, 0) is 36.5 Å². The van der Waals surface area contributed by atoms with Crippen LogP contribution in [0.5, 0.6) is 0 Å². The Labute approximate surface area is 123 Å².